The second kappa shape index (κ2) is 6.81. The Balaban J connectivity index is 1.83. The molecule has 1 heterocycles. The molecule has 0 aliphatic heterocycles. The van der Waals surface area contributed by atoms with E-state index >= 15 is 0 Å². The molecule has 2 N–H and O–H groups in total. The maximum absolute atomic E-state index is 11.8. The summed E-state index contributed by atoms with van der Waals surface area (Å²) in [6.45, 7) is 1.45. The van der Waals surface area contributed by atoms with Crippen LogP contribution in [0.3, 0.4) is 0 Å². The number of nitrogens with one attached hydrogen (secondary N) is 2. The highest BCUT2D eigenvalue weighted by Gasteiger charge is 2.04. The summed E-state index contributed by atoms with van der Waals surface area (Å²) in [5, 5.41) is 7.42. The summed E-state index contributed by atoms with van der Waals surface area (Å²) >= 11 is 1.52. The fourth-order valence-electron chi connectivity index (χ4n) is 1.67. The molecule has 6 heteroatoms. The van der Waals surface area contributed by atoms with E-state index in [-0.39, 0.29) is 11.8 Å². The topological polar surface area (TPSA) is 71.1 Å². The number of hydrogen-bond acceptors (Lipinski definition) is 4. The molecule has 5 nitrogen and oxygen atoms in total. The Labute approximate surface area is 121 Å². The Bertz CT molecular complexity index is 579. The lowest BCUT2D eigenvalue weighted by atomic mass is 10.2. The maximum Gasteiger partial charge on any atom is 0.224 e. The molecular weight excluding hydrogens is 274 g/mol. The molecule has 2 aromatic rings. The smallest absolute Gasteiger partial charge is 0.224 e. The van der Waals surface area contributed by atoms with Gasteiger partial charge < -0.3 is 10.6 Å². The summed E-state index contributed by atoms with van der Waals surface area (Å²) in [5.41, 5.74) is 4.11. The summed E-state index contributed by atoms with van der Waals surface area (Å²) in [6.07, 6.45) is 1.04. The number of aryl methyl sites for hydroxylation is 1. The van der Waals surface area contributed by atoms with Gasteiger partial charge in [-0.15, -0.1) is 11.3 Å². The highest BCUT2D eigenvalue weighted by molar-refractivity contribution is 7.07. The molecule has 0 saturated carbocycles. The first-order valence-electron chi connectivity index (χ1n) is 6.18. The van der Waals surface area contributed by atoms with Gasteiger partial charge in [-0.05, 0) is 30.7 Å². The van der Waals surface area contributed by atoms with Crippen LogP contribution in [0.4, 0.5) is 11.4 Å². The molecule has 2 rings (SSSR count). The molecule has 0 spiro atoms. The van der Waals surface area contributed by atoms with Gasteiger partial charge in [-0.3, -0.25) is 9.59 Å². The predicted molar refractivity (Wildman–Crippen MR) is 79.8 cm³/mol. The molecule has 1 aromatic heterocycles. The van der Waals surface area contributed by atoms with Gasteiger partial charge in [0.1, 0.15) is 0 Å². The van der Waals surface area contributed by atoms with E-state index in [1.165, 1.54) is 18.3 Å². The summed E-state index contributed by atoms with van der Waals surface area (Å²) in [5.74, 6) is -0.171. The lowest BCUT2D eigenvalue weighted by Gasteiger charge is -2.06. The van der Waals surface area contributed by atoms with Crippen molar-refractivity contribution < 1.29 is 9.59 Å². The number of carbonyl (C=O) groups excluding carboxylic acids is 2. The lowest BCUT2D eigenvalue weighted by molar-refractivity contribution is -0.116. The molecule has 104 valence electrons. The molecule has 1 aromatic carbocycles. The van der Waals surface area contributed by atoms with Crippen molar-refractivity contribution in [2.24, 2.45) is 0 Å². The van der Waals surface area contributed by atoms with Gasteiger partial charge in [-0.25, -0.2) is 4.98 Å². The fraction of sp³-hybridized carbons (Fsp3) is 0.214. The quantitative estimate of drug-likeness (QED) is 0.889. The summed E-state index contributed by atoms with van der Waals surface area (Å²) in [4.78, 5) is 26.8. The molecular formula is C14H15N3O2S. The van der Waals surface area contributed by atoms with Crippen molar-refractivity contribution in [1.82, 2.24) is 4.98 Å². The number of aromatic nitrogens is 1. The Hall–Kier alpha value is -2.21. The number of hydrogen-bond donors (Lipinski definition) is 2. The largest absolute Gasteiger partial charge is 0.326 e. The Kier molecular flexibility index (Phi) is 4.84. The van der Waals surface area contributed by atoms with Crippen molar-refractivity contribution in [3.05, 3.63) is 40.8 Å². The van der Waals surface area contributed by atoms with Crippen LogP contribution in [-0.4, -0.2) is 16.8 Å². The number of benzene rings is 1. The van der Waals surface area contributed by atoms with Crippen LogP contribution in [0.5, 0.6) is 0 Å². The van der Waals surface area contributed by atoms with Crippen LogP contribution in [0, 0.1) is 0 Å². The van der Waals surface area contributed by atoms with Gasteiger partial charge in [-0.2, -0.15) is 0 Å². The van der Waals surface area contributed by atoms with E-state index in [0.717, 1.165) is 5.69 Å². The van der Waals surface area contributed by atoms with Crippen LogP contribution in [0.25, 0.3) is 0 Å². The maximum atomic E-state index is 11.8. The molecule has 0 aliphatic rings. The number of anilines is 2. The number of thiazole rings is 1. The van der Waals surface area contributed by atoms with Crippen LogP contribution >= 0.6 is 11.3 Å². The highest BCUT2D eigenvalue weighted by Crippen LogP contribution is 2.14. The Morgan fingerprint density at radius 1 is 1.15 bits per heavy atom. The molecule has 0 atom stereocenters. The number of nitrogens with zero attached hydrogens (tertiary/aromatic N) is 1. The van der Waals surface area contributed by atoms with Gasteiger partial charge in [0.15, 0.2) is 0 Å². The first kappa shape index (κ1) is 14.2. The van der Waals surface area contributed by atoms with Crippen LogP contribution in [0.1, 0.15) is 19.0 Å². The van der Waals surface area contributed by atoms with E-state index < -0.39 is 0 Å². The number of rotatable bonds is 5. The van der Waals surface area contributed by atoms with Crippen LogP contribution < -0.4 is 10.6 Å². The van der Waals surface area contributed by atoms with E-state index in [2.05, 4.69) is 15.6 Å². The molecule has 0 aliphatic carbocycles. The zero-order valence-corrected chi connectivity index (χ0v) is 11.9. The van der Waals surface area contributed by atoms with Gasteiger partial charge in [0.25, 0.3) is 0 Å². The van der Waals surface area contributed by atoms with Gasteiger partial charge in [0.05, 0.1) is 11.2 Å². The van der Waals surface area contributed by atoms with E-state index in [1.54, 1.807) is 29.8 Å². The Morgan fingerprint density at radius 2 is 1.80 bits per heavy atom. The van der Waals surface area contributed by atoms with E-state index in [9.17, 15) is 9.59 Å². The van der Waals surface area contributed by atoms with Crippen LogP contribution in [0.15, 0.2) is 35.2 Å². The van der Waals surface area contributed by atoms with Crippen molar-refractivity contribution >= 4 is 34.5 Å². The minimum absolute atomic E-state index is 0.0507. The number of carbonyl (C=O) groups is 2. The molecule has 20 heavy (non-hydrogen) atoms. The predicted octanol–water partition coefficient (Wildman–Crippen LogP) is 2.67. The monoisotopic (exact) mass is 289 g/mol. The third-order valence-corrected chi connectivity index (χ3v) is 3.22. The molecule has 0 unspecified atom stereocenters. The van der Waals surface area contributed by atoms with Crippen molar-refractivity contribution in [1.29, 1.82) is 0 Å². The molecule has 0 fully saturated rings. The van der Waals surface area contributed by atoms with Crippen molar-refractivity contribution in [2.75, 3.05) is 10.6 Å². The van der Waals surface area contributed by atoms with Crippen molar-refractivity contribution in [3.63, 3.8) is 0 Å². The first-order chi connectivity index (χ1) is 9.63. The molecule has 2 amide bonds. The molecule has 0 saturated heterocycles. The average Bonchev–Trinajstić information content (AvgIpc) is 2.91. The summed E-state index contributed by atoms with van der Waals surface area (Å²) in [6, 6.07) is 7.01. The van der Waals surface area contributed by atoms with Gasteiger partial charge in [0.2, 0.25) is 11.8 Å². The second-order valence-corrected chi connectivity index (χ2v) is 5.01. The average molecular weight is 289 g/mol. The SMILES string of the molecule is CC(=O)Nc1ccc(NC(=O)CCc2cscn2)cc1. The van der Waals surface area contributed by atoms with Gasteiger partial charge >= 0.3 is 0 Å². The lowest BCUT2D eigenvalue weighted by Crippen LogP contribution is -2.12. The standard InChI is InChI=1S/C14H15N3O2S/c1-10(18)16-11-2-4-12(5-3-11)17-14(19)7-6-13-8-20-9-15-13/h2-5,8-9H,6-7H2,1H3,(H,16,18)(H,17,19). The highest BCUT2D eigenvalue weighted by atomic mass is 32.1. The number of amides is 2. The third-order valence-electron chi connectivity index (χ3n) is 2.58. The van der Waals surface area contributed by atoms with E-state index in [4.69, 9.17) is 0 Å². The first-order valence-corrected chi connectivity index (χ1v) is 7.12. The van der Waals surface area contributed by atoms with E-state index in [0.29, 0.717) is 24.2 Å². The second-order valence-electron chi connectivity index (χ2n) is 4.29. The zero-order chi connectivity index (χ0) is 14.4. The summed E-state index contributed by atoms with van der Waals surface area (Å²) < 4.78 is 0. The Morgan fingerprint density at radius 3 is 2.35 bits per heavy atom. The minimum atomic E-state index is -0.120. The van der Waals surface area contributed by atoms with Crippen molar-refractivity contribution in [2.45, 2.75) is 19.8 Å². The van der Waals surface area contributed by atoms with E-state index in [1.807, 2.05) is 5.38 Å². The normalized spacial score (nSPS) is 10.1. The van der Waals surface area contributed by atoms with Crippen LogP contribution in [-0.2, 0) is 16.0 Å². The zero-order valence-electron chi connectivity index (χ0n) is 11.1. The minimum Gasteiger partial charge on any atom is -0.326 e. The fourth-order valence-corrected chi connectivity index (χ4v) is 2.26. The third kappa shape index (κ3) is 4.47. The molecule has 0 radical (unpaired) electrons. The van der Waals surface area contributed by atoms with Gasteiger partial charge in [-0.1, -0.05) is 0 Å². The molecule has 0 bridgehead atoms. The van der Waals surface area contributed by atoms with Crippen molar-refractivity contribution in [3.8, 4) is 0 Å². The van der Waals surface area contributed by atoms with Crippen LogP contribution in [0.2, 0.25) is 0 Å². The summed E-state index contributed by atoms with van der Waals surface area (Å²) in [7, 11) is 0. The van der Waals surface area contributed by atoms with Gasteiger partial charge in [0, 0.05) is 30.1 Å².